The zero-order chi connectivity index (χ0) is 21.3. The van der Waals surface area contributed by atoms with Crippen LogP contribution >= 0.6 is 0 Å². The summed E-state index contributed by atoms with van der Waals surface area (Å²) in [4.78, 5) is 29.9. The highest BCUT2D eigenvalue weighted by atomic mass is 19.1. The Morgan fingerprint density at radius 2 is 2.00 bits per heavy atom. The molecule has 5 nitrogen and oxygen atoms in total. The first kappa shape index (κ1) is 19.1. The first-order valence-corrected chi connectivity index (χ1v) is 10.4. The molecule has 0 saturated heterocycles. The molecule has 1 N–H and O–H groups in total. The number of ketones is 1. The van der Waals surface area contributed by atoms with Gasteiger partial charge < -0.3 is 9.67 Å². The minimum absolute atomic E-state index is 0.196. The SMILES string of the molecule is CCc1c([C@H](O)C(C)=O)cc2n(c1=O)Cc1c-2nc2cc(F)c(C)c3c2c1CCC3. The number of aliphatic hydroxyl groups excluding tert-OH is 1. The number of aliphatic hydroxyl groups is 1. The number of nitrogens with zero attached hydrogens (tertiary/aromatic N) is 2. The Balaban J connectivity index is 1.85. The zero-order valence-electron chi connectivity index (χ0n) is 17.3. The quantitative estimate of drug-likeness (QED) is 0.565. The number of aromatic nitrogens is 2. The molecule has 3 heterocycles. The fourth-order valence-electron chi connectivity index (χ4n) is 5.14. The summed E-state index contributed by atoms with van der Waals surface area (Å²) in [5, 5.41) is 11.5. The first-order valence-electron chi connectivity index (χ1n) is 10.4. The van der Waals surface area contributed by atoms with Crippen molar-refractivity contribution in [1.82, 2.24) is 9.55 Å². The van der Waals surface area contributed by atoms with Crippen molar-refractivity contribution in [2.45, 2.75) is 59.1 Å². The van der Waals surface area contributed by atoms with Gasteiger partial charge in [0.2, 0.25) is 0 Å². The van der Waals surface area contributed by atoms with Crippen LogP contribution in [0.2, 0.25) is 0 Å². The van der Waals surface area contributed by atoms with Gasteiger partial charge in [0.15, 0.2) is 5.78 Å². The van der Waals surface area contributed by atoms with E-state index in [2.05, 4.69) is 0 Å². The maximum atomic E-state index is 14.6. The number of aryl methyl sites for hydroxylation is 2. The van der Waals surface area contributed by atoms with Crippen LogP contribution in [0.1, 0.15) is 59.8 Å². The van der Waals surface area contributed by atoms with Crippen molar-refractivity contribution in [3.63, 3.8) is 0 Å². The summed E-state index contributed by atoms with van der Waals surface area (Å²) in [6, 6.07) is 3.20. The number of rotatable bonds is 3. The molecule has 0 fully saturated rings. The molecule has 0 radical (unpaired) electrons. The summed E-state index contributed by atoms with van der Waals surface area (Å²) < 4.78 is 16.2. The van der Waals surface area contributed by atoms with E-state index in [4.69, 9.17) is 4.98 Å². The van der Waals surface area contributed by atoms with Gasteiger partial charge in [0.25, 0.3) is 5.56 Å². The van der Waals surface area contributed by atoms with Crippen molar-refractivity contribution in [3.8, 4) is 11.4 Å². The Morgan fingerprint density at radius 3 is 2.70 bits per heavy atom. The van der Waals surface area contributed by atoms with Gasteiger partial charge in [0, 0.05) is 22.6 Å². The molecule has 0 spiro atoms. The second kappa shape index (κ2) is 6.57. The first-order chi connectivity index (χ1) is 14.3. The topological polar surface area (TPSA) is 72.2 Å². The van der Waals surface area contributed by atoms with Crippen LogP contribution in [-0.2, 0) is 30.6 Å². The normalized spacial score (nSPS) is 15.2. The molecule has 1 aromatic carbocycles. The molecule has 1 aliphatic heterocycles. The molecule has 154 valence electrons. The van der Waals surface area contributed by atoms with Crippen LogP contribution in [0.4, 0.5) is 4.39 Å². The lowest BCUT2D eigenvalue weighted by molar-refractivity contribution is -0.125. The average Bonchev–Trinajstić information content (AvgIpc) is 3.10. The third-order valence-corrected chi connectivity index (χ3v) is 6.70. The number of halogens is 1. The van der Waals surface area contributed by atoms with Gasteiger partial charge in [-0.25, -0.2) is 9.37 Å². The van der Waals surface area contributed by atoms with Crippen LogP contribution in [0, 0.1) is 12.7 Å². The molecular formula is C24H23FN2O3. The summed E-state index contributed by atoms with van der Waals surface area (Å²) in [6.07, 6.45) is 1.71. The van der Waals surface area contributed by atoms with Gasteiger partial charge in [0.05, 0.1) is 23.4 Å². The van der Waals surface area contributed by atoms with Crippen molar-refractivity contribution >= 4 is 16.7 Å². The number of carbonyl (C=O) groups is 1. The highest BCUT2D eigenvalue weighted by Crippen LogP contribution is 2.41. The third-order valence-electron chi connectivity index (χ3n) is 6.70. The Labute approximate surface area is 173 Å². The van der Waals surface area contributed by atoms with Crippen LogP contribution in [0.3, 0.4) is 0 Å². The van der Waals surface area contributed by atoms with E-state index in [-0.39, 0.29) is 11.4 Å². The third kappa shape index (κ3) is 2.46. The van der Waals surface area contributed by atoms with Gasteiger partial charge in [-0.3, -0.25) is 9.59 Å². The second-order valence-corrected chi connectivity index (χ2v) is 8.35. The van der Waals surface area contributed by atoms with E-state index in [1.165, 1.54) is 13.0 Å². The molecule has 2 aromatic heterocycles. The molecule has 5 rings (SSSR count). The number of benzene rings is 1. The van der Waals surface area contributed by atoms with E-state index >= 15 is 0 Å². The maximum absolute atomic E-state index is 14.6. The van der Waals surface area contributed by atoms with Crippen molar-refractivity contribution in [2.24, 2.45) is 0 Å². The standard InChI is InChI=1S/C24H23FN2O3/c1-4-13-16(23(29)12(3)28)8-20-22-17(10-27(20)24(13)30)15-7-5-6-14-11(2)18(25)9-19(26-22)21(14)15/h8-9,23,29H,4-7,10H2,1-3H3/t23-/m1/s1. The lowest BCUT2D eigenvalue weighted by Gasteiger charge is -2.21. The van der Waals surface area contributed by atoms with E-state index in [1.807, 2.05) is 13.8 Å². The summed E-state index contributed by atoms with van der Waals surface area (Å²) in [6.45, 7) is 5.39. The van der Waals surface area contributed by atoms with Crippen LogP contribution in [0.5, 0.6) is 0 Å². The minimum atomic E-state index is -1.34. The largest absolute Gasteiger partial charge is 0.381 e. The smallest absolute Gasteiger partial charge is 0.254 e. The highest BCUT2D eigenvalue weighted by molar-refractivity contribution is 5.92. The van der Waals surface area contributed by atoms with Crippen molar-refractivity contribution < 1.29 is 14.3 Å². The Bertz CT molecular complexity index is 1320. The molecule has 2 aliphatic rings. The van der Waals surface area contributed by atoms with Crippen molar-refractivity contribution in [1.29, 1.82) is 0 Å². The van der Waals surface area contributed by atoms with Gasteiger partial charge in [-0.2, -0.15) is 0 Å². The van der Waals surface area contributed by atoms with Gasteiger partial charge in [0.1, 0.15) is 11.9 Å². The van der Waals surface area contributed by atoms with E-state index in [9.17, 15) is 19.1 Å². The van der Waals surface area contributed by atoms with E-state index in [1.54, 1.807) is 10.6 Å². The molecule has 30 heavy (non-hydrogen) atoms. The molecule has 0 amide bonds. The Hall–Kier alpha value is -2.86. The second-order valence-electron chi connectivity index (χ2n) is 8.35. The minimum Gasteiger partial charge on any atom is -0.381 e. The van der Waals surface area contributed by atoms with Gasteiger partial charge in [-0.15, -0.1) is 0 Å². The number of carbonyl (C=O) groups excluding carboxylic acids is 1. The number of Topliss-reactive ketones (excluding diaryl/α,β-unsaturated/α-hetero) is 1. The number of fused-ring (bicyclic) bond motifs is 4. The van der Waals surface area contributed by atoms with E-state index in [0.29, 0.717) is 46.6 Å². The van der Waals surface area contributed by atoms with Gasteiger partial charge in [-0.1, -0.05) is 6.92 Å². The van der Waals surface area contributed by atoms with Gasteiger partial charge >= 0.3 is 0 Å². The van der Waals surface area contributed by atoms with Gasteiger partial charge in [-0.05, 0) is 67.9 Å². The molecule has 1 atom stereocenters. The Morgan fingerprint density at radius 1 is 1.27 bits per heavy atom. The van der Waals surface area contributed by atoms with Crippen LogP contribution in [0.25, 0.3) is 22.3 Å². The molecule has 3 aromatic rings. The average molecular weight is 406 g/mol. The number of pyridine rings is 2. The molecular weight excluding hydrogens is 383 g/mol. The molecule has 6 heteroatoms. The van der Waals surface area contributed by atoms with E-state index < -0.39 is 11.9 Å². The van der Waals surface area contributed by atoms with Crippen LogP contribution in [0.15, 0.2) is 16.9 Å². The number of hydrogen-bond acceptors (Lipinski definition) is 4. The Kier molecular flexibility index (Phi) is 4.19. The fraction of sp³-hybridized carbons (Fsp3) is 0.375. The van der Waals surface area contributed by atoms with Crippen LogP contribution in [-0.4, -0.2) is 20.4 Å². The fourth-order valence-corrected chi connectivity index (χ4v) is 5.14. The summed E-state index contributed by atoms with van der Waals surface area (Å²) >= 11 is 0. The zero-order valence-corrected chi connectivity index (χ0v) is 17.3. The van der Waals surface area contributed by atoms with Crippen LogP contribution < -0.4 is 5.56 Å². The predicted molar refractivity (Wildman–Crippen MR) is 112 cm³/mol. The maximum Gasteiger partial charge on any atom is 0.254 e. The lowest BCUT2D eigenvalue weighted by atomic mass is 9.85. The lowest BCUT2D eigenvalue weighted by Crippen LogP contribution is -2.26. The molecule has 1 aliphatic carbocycles. The summed E-state index contributed by atoms with van der Waals surface area (Å²) in [5.74, 6) is -0.668. The molecule has 0 saturated carbocycles. The van der Waals surface area contributed by atoms with Crippen molar-refractivity contribution in [3.05, 3.63) is 61.7 Å². The monoisotopic (exact) mass is 406 g/mol. The summed E-state index contributed by atoms with van der Waals surface area (Å²) in [5.41, 5.74) is 6.31. The van der Waals surface area contributed by atoms with E-state index in [0.717, 1.165) is 41.3 Å². The van der Waals surface area contributed by atoms with Crippen molar-refractivity contribution in [2.75, 3.05) is 0 Å². The number of hydrogen-bond donors (Lipinski definition) is 1. The highest BCUT2D eigenvalue weighted by Gasteiger charge is 2.31. The predicted octanol–water partition coefficient (Wildman–Crippen LogP) is 3.55. The molecule has 0 unspecified atom stereocenters. The summed E-state index contributed by atoms with van der Waals surface area (Å²) in [7, 11) is 0. The molecule has 0 bridgehead atoms.